The van der Waals surface area contributed by atoms with Gasteiger partial charge in [0.05, 0.1) is 0 Å². The average molecular weight is 145 g/mol. The van der Waals surface area contributed by atoms with Gasteiger partial charge in [-0.15, -0.1) is 0 Å². The molecule has 0 aliphatic rings. The molecule has 0 aromatic heterocycles. The zero-order valence-electron chi connectivity index (χ0n) is 6.72. The molecule has 0 radical (unpaired) electrons. The van der Waals surface area contributed by atoms with Gasteiger partial charge in [-0.3, -0.25) is 4.79 Å². The van der Waals surface area contributed by atoms with Crippen molar-refractivity contribution in [2.75, 3.05) is 0 Å². The van der Waals surface area contributed by atoms with Crippen LogP contribution in [0.25, 0.3) is 0 Å². The molecule has 0 spiro atoms. The van der Waals surface area contributed by atoms with Crippen LogP contribution in [-0.2, 0) is 4.79 Å². The third kappa shape index (κ3) is 4.47. The molecule has 0 fully saturated rings. The Kier molecular flexibility index (Phi) is 2.99. The highest BCUT2D eigenvalue weighted by Crippen LogP contribution is 2.11. The first kappa shape index (κ1) is 9.59. The molecule has 60 valence electrons. The van der Waals surface area contributed by atoms with Crippen LogP contribution in [0.2, 0.25) is 0 Å². The van der Waals surface area contributed by atoms with E-state index in [9.17, 15) is 4.79 Å². The fourth-order valence-electron chi connectivity index (χ4n) is 0.764. The lowest BCUT2D eigenvalue weighted by Crippen LogP contribution is -2.38. The minimum Gasteiger partial charge on any atom is -0.376 e. The summed E-state index contributed by atoms with van der Waals surface area (Å²) in [6.07, 6.45) is 0.322. The molecule has 0 amide bonds. The summed E-state index contributed by atoms with van der Waals surface area (Å²) < 4.78 is 0. The van der Waals surface area contributed by atoms with Gasteiger partial charge in [-0.05, 0) is 20.3 Å². The van der Waals surface area contributed by atoms with Crippen LogP contribution in [0, 0.1) is 5.92 Å². The molecule has 3 N–H and O–H groups in total. The van der Waals surface area contributed by atoms with Crippen LogP contribution in [0.15, 0.2) is 0 Å². The van der Waals surface area contributed by atoms with E-state index >= 15 is 0 Å². The number of aliphatic hydroxyl groups is 1. The lowest BCUT2D eigenvalue weighted by molar-refractivity contribution is -0.122. The Morgan fingerprint density at radius 3 is 2.30 bits per heavy atom. The van der Waals surface area contributed by atoms with E-state index in [0.717, 1.165) is 0 Å². The largest absolute Gasteiger partial charge is 0.376 e. The van der Waals surface area contributed by atoms with Crippen molar-refractivity contribution >= 4 is 5.78 Å². The topological polar surface area (TPSA) is 63.3 Å². The predicted molar refractivity (Wildman–Crippen MR) is 39.3 cm³/mol. The van der Waals surface area contributed by atoms with Crippen LogP contribution in [-0.4, -0.2) is 16.6 Å². The van der Waals surface area contributed by atoms with E-state index in [2.05, 4.69) is 0 Å². The molecule has 2 atom stereocenters. The number of Topliss-reactive ketones (excluding diaryl/α,β-unsaturated/α-hetero) is 1. The number of carbonyl (C=O) groups excluding carboxylic acids is 1. The summed E-state index contributed by atoms with van der Waals surface area (Å²) >= 11 is 0. The van der Waals surface area contributed by atoms with Crippen molar-refractivity contribution < 1.29 is 9.90 Å². The summed E-state index contributed by atoms with van der Waals surface area (Å²) in [5.74, 6) is -0.0919. The van der Waals surface area contributed by atoms with Crippen molar-refractivity contribution in [3.05, 3.63) is 0 Å². The van der Waals surface area contributed by atoms with E-state index in [4.69, 9.17) is 10.8 Å². The van der Waals surface area contributed by atoms with Crippen LogP contribution in [0.3, 0.4) is 0 Å². The van der Waals surface area contributed by atoms with Gasteiger partial charge in [0.25, 0.3) is 0 Å². The van der Waals surface area contributed by atoms with Gasteiger partial charge in [-0.2, -0.15) is 0 Å². The SMILES string of the molecule is CC(=O)C(C)CC(C)(N)O. The monoisotopic (exact) mass is 145 g/mol. The molecule has 0 aliphatic heterocycles. The summed E-state index contributed by atoms with van der Waals surface area (Å²) in [5.41, 5.74) is 4.06. The highest BCUT2D eigenvalue weighted by Gasteiger charge is 2.19. The maximum Gasteiger partial charge on any atom is 0.132 e. The molecule has 0 aromatic rings. The van der Waals surface area contributed by atoms with Crippen molar-refractivity contribution in [3.8, 4) is 0 Å². The molecule has 0 saturated carbocycles. The lowest BCUT2D eigenvalue weighted by Gasteiger charge is -2.19. The molecule has 3 heteroatoms. The Morgan fingerprint density at radius 2 is 2.20 bits per heavy atom. The van der Waals surface area contributed by atoms with Gasteiger partial charge in [0.2, 0.25) is 0 Å². The lowest BCUT2D eigenvalue weighted by atomic mass is 9.97. The van der Waals surface area contributed by atoms with Crippen LogP contribution in [0.5, 0.6) is 0 Å². The molecule has 2 unspecified atom stereocenters. The normalized spacial score (nSPS) is 19.7. The smallest absolute Gasteiger partial charge is 0.132 e. The van der Waals surface area contributed by atoms with Gasteiger partial charge < -0.3 is 10.8 Å². The second-order valence-corrected chi connectivity index (χ2v) is 3.07. The first-order valence-electron chi connectivity index (χ1n) is 3.34. The minimum atomic E-state index is -1.22. The van der Waals surface area contributed by atoms with Gasteiger partial charge in [0.1, 0.15) is 11.5 Å². The fraction of sp³-hybridized carbons (Fsp3) is 0.857. The van der Waals surface area contributed by atoms with Crippen LogP contribution in [0.4, 0.5) is 0 Å². The molecule has 0 aromatic carbocycles. The summed E-state index contributed by atoms with van der Waals surface area (Å²) in [6.45, 7) is 4.74. The molecular weight excluding hydrogens is 130 g/mol. The van der Waals surface area contributed by atoms with E-state index in [1.807, 2.05) is 0 Å². The van der Waals surface area contributed by atoms with Crippen molar-refractivity contribution in [2.24, 2.45) is 11.7 Å². The number of hydrogen-bond acceptors (Lipinski definition) is 3. The highest BCUT2D eigenvalue weighted by molar-refractivity contribution is 5.77. The van der Waals surface area contributed by atoms with Crippen LogP contribution >= 0.6 is 0 Å². The van der Waals surface area contributed by atoms with E-state index in [-0.39, 0.29) is 11.7 Å². The average Bonchev–Trinajstić information content (AvgIpc) is 1.60. The summed E-state index contributed by atoms with van der Waals surface area (Å²) in [6, 6.07) is 0. The Hall–Kier alpha value is -0.410. The number of carbonyl (C=O) groups is 1. The second kappa shape index (κ2) is 3.12. The third-order valence-electron chi connectivity index (χ3n) is 1.41. The number of rotatable bonds is 3. The number of nitrogens with two attached hydrogens (primary N) is 1. The molecule has 3 nitrogen and oxygen atoms in total. The third-order valence-corrected chi connectivity index (χ3v) is 1.41. The Morgan fingerprint density at radius 1 is 1.80 bits per heavy atom. The molecule has 0 aliphatic carbocycles. The Balaban J connectivity index is 3.80. The molecular formula is C7H15NO2. The minimum absolute atomic E-state index is 0.0609. The van der Waals surface area contributed by atoms with Crippen LogP contribution < -0.4 is 5.73 Å². The van der Waals surface area contributed by atoms with Gasteiger partial charge in [-0.1, -0.05) is 6.92 Å². The first-order chi connectivity index (χ1) is 4.33. The van der Waals surface area contributed by atoms with Gasteiger partial charge in [-0.25, -0.2) is 0 Å². The summed E-state index contributed by atoms with van der Waals surface area (Å²) in [4.78, 5) is 10.7. The van der Waals surface area contributed by atoms with Crippen LogP contribution in [0.1, 0.15) is 27.2 Å². The van der Waals surface area contributed by atoms with Crippen molar-refractivity contribution in [1.29, 1.82) is 0 Å². The van der Waals surface area contributed by atoms with Crippen molar-refractivity contribution in [1.82, 2.24) is 0 Å². The van der Waals surface area contributed by atoms with E-state index in [1.54, 1.807) is 6.92 Å². The van der Waals surface area contributed by atoms with E-state index in [1.165, 1.54) is 13.8 Å². The maximum absolute atomic E-state index is 10.7. The maximum atomic E-state index is 10.7. The summed E-state index contributed by atoms with van der Waals surface area (Å²) in [7, 11) is 0. The molecule has 0 bridgehead atoms. The predicted octanol–water partition coefficient (Wildman–Crippen LogP) is 0.269. The number of hydrogen-bond donors (Lipinski definition) is 2. The molecule has 0 saturated heterocycles. The van der Waals surface area contributed by atoms with E-state index < -0.39 is 5.72 Å². The molecule has 0 rings (SSSR count). The zero-order valence-corrected chi connectivity index (χ0v) is 6.72. The quantitative estimate of drug-likeness (QED) is 0.560. The highest BCUT2D eigenvalue weighted by atomic mass is 16.3. The fourth-order valence-corrected chi connectivity index (χ4v) is 0.764. The zero-order chi connectivity index (χ0) is 8.36. The van der Waals surface area contributed by atoms with E-state index in [0.29, 0.717) is 6.42 Å². The van der Waals surface area contributed by atoms with Gasteiger partial charge in [0.15, 0.2) is 0 Å². The summed E-state index contributed by atoms with van der Waals surface area (Å²) in [5, 5.41) is 9.06. The number of ketones is 1. The standard InChI is InChI=1S/C7H15NO2/c1-5(6(2)9)4-7(3,8)10/h5,10H,4,8H2,1-3H3. The second-order valence-electron chi connectivity index (χ2n) is 3.07. The van der Waals surface area contributed by atoms with Crippen molar-refractivity contribution in [3.63, 3.8) is 0 Å². The van der Waals surface area contributed by atoms with Gasteiger partial charge >= 0.3 is 0 Å². The Bertz CT molecular complexity index is 126. The Labute approximate surface area is 61.2 Å². The molecule has 10 heavy (non-hydrogen) atoms. The molecule has 0 heterocycles. The first-order valence-corrected chi connectivity index (χ1v) is 3.34. The van der Waals surface area contributed by atoms with Crippen molar-refractivity contribution in [2.45, 2.75) is 32.9 Å². The van der Waals surface area contributed by atoms with Gasteiger partial charge in [0, 0.05) is 5.92 Å².